The Morgan fingerprint density at radius 2 is 1.64 bits per heavy atom. The second-order valence-electron chi connectivity index (χ2n) is 5.28. The predicted octanol–water partition coefficient (Wildman–Crippen LogP) is 3.72. The average Bonchev–Trinajstić information content (AvgIpc) is 2.46. The van der Waals surface area contributed by atoms with Crippen LogP contribution in [-0.2, 0) is 4.79 Å². The van der Waals surface area contributed by atoms with E-state index in [0.717, 1.165) is 16.8 Å². The summed E-state index contributed by atoms with van der Waals surface area (Å²) in [5, 5.41) is 2.88. The number of aryl methyl sites for hydroxylation is 2. The van der Waals surface area contributed by atoms with Gasteiger partial charge in [0.15, 0.2) is 17.6 Å². The molecule has 0 fully saturated rings. The van der Waals surface area contributed by atoms with Gasteiger partial charge in [0, 0.05) is 5.69 Å². The van der Waals surface area contributed by atoms with Gasteiger partial charge in [-0.1, -0.05) is 18.2 Å². The summed E-state index contributed by atoms with van der Waals surface area (Å²) in [6.45, 7) is 5.71. The molecule has 22 heavy (non-hydrogen) atoms. The molecule has 2 aromatic rings. The highest BCUT2D eigenvalue weighted by atomic mass is 16.5. The summed E-state index contributed by atoms with van der Waals surface area (Å²) in [5.74, 6) is 0.956. The number of anilines is 1. The number of carbonyl (C=O) groups excluding carboxylic acids is 1. The molecule has 0 aliphatic carbocycles. The van der Waals surface area contributed by atoms with Crippen molar-refractivity contribution in [3.8, 4) is 11.5 Å². The average molecular weight is 299 g/mol. The van der Waals surface area contributed by atoms with Gasteiger partial charge in [-0.15, -0.1) is 0 Å². The zero-order chi connectivity index (χ0) is 16.1. The molecule has 1 N–H and O–H groups in total. The lowest BCUT2D eigenvalue weighted by atomic mass is 10.1. The molecule has 0 radical (unpaired) electrons. The number of ether oxygens (including phenoxy) is 2. The second kappa shape index (κ2) is 6.98. The Hall–Kier alpha value is -2.49. The van der Waals surface area contributed by atoms with Gasteiger partial charge in [-0.2, -0.15) is 0 Å². The lowest BCUT2D eigenvalue weighted by Gasteiger charge is -2.17. The van der Waals surface area contributed by atoms with E-state index < -0.39 is 6.10 Å². The molecule has 116 valence electrons. The Kier molecular flexibility index (Phi) is 5.04. The largest absolute Gasteiger partial charge is 0.493 e. The highest BCUT2D eigenvalue weighted by Gasteiger charge is 2.17. The lowest BCUT2D eigenvalue weighted by molar-refractivity contribution is -0.122. The minimum atomic E-state index is -0.628. The van der Waals surface area contributed by atoms with Crippen LogP contribution in [0.4, 0.5) is 5.69 Å². The molecule has 0 aliphatic heterocycles. The first-order valence-electron chi connectivity index (χ1n) is 7.18. The third-order valence-corrected chi connectivity index (χ3v) is 3.23. The molecule has 0 saturated carbocycles. The Bertz CT molecular complexity index is 647. The molecule has 0 heterocycles. The fraction of sp³-hybridized carbons (Fsp3) is 0.278. The third-order valence-electron chi connectivity index (χ3n) is 3.23. The summed E-state index contributed by atoms with van der Waals surface area (Å²) in [7, 11) is 1.57. The molecule has 0 aromatic heterocycles. The summed E-state index contributed by atoms with van der Waals surface area (Å²) in [6, 6.07) is 13.2. The van der Waals surface area contributed by atoms with Crippen LogP contribution in [0.5, 0.6) is 11.5 Å². The molecule has 1 amide bonds. The number of para-hydroxylation sites is 2. The van der Waals surface area contributed by atoms with Crippen LogP contribution in [-0.4, -0.2) is 19.1 Å². The molecule has 0 spiro atoms. The quantitative estimate of drug-likeness (QED) is 0.915. The van der Waals surface area contributed by atoms with E-state index in [1.165, 1.54) is 0 Å². The van der Waals surface area contributed by atoms with Crippen molar-refractivity contribution in [2.75, 3.05) is 12.4 Å². The monoisotopic (exact) mass is 299 g/mol. The van der Waals surface area contributed by atoms with E-state index in [9.17, 15) is 4.79 Å². The predicted molar refractivity (Wildman–Crippen MR) is 87.6 cm³/mol. The lowest BCUT2D eigenvalue weighted by Crippen LogP contribution is -2.30. The molecule has 4 nitrogen and oxygen atoms in total. The van der Waals surface area contributed by atoms with Crippen LogP contribution in [0.25, 0.3) is 0 Å². The highest BCUT2D eigenvalue weighted by molar-refractivity contribution is 5.94. The van der Waals surface area contributed by atoms with Gasteiger partial charge in [-0.05, 0) is 56.2 Å². The van der Waals surface area contributed by atoms with Gasteiger partial charge < -0.3 is 14.8 Å². The van der Waals surface area contributed by atoms with Crippen LogP contribution < -0.4 is 14.8 Å². The van der Waals surface area contributed by atoms with E-state index in [1.807, 2.05) is 38.1 Å². The zero-order valence-electron chi connectivity index (χ0n) is 13.3. The molecule has 2 aromatic carbocycles. The first-order valence-corrected chi connectivity index (χ1v) is 7.18. The van der Waals surface area contributed by atoms with Gasteiger partial charge in [0.05, 0.1) is 7.11 Å². The van der Waals surface area contributed by atoms with Gasteiger partial charge in [-0.3, -0.25) is 4.79 Å². The molecule has 1 atom stereocenters. The van der Waals surface area contributed by atoms with Crippen LogP contribution in [0.2, 0.25) is 0 Å². The van der Waals surface area contributed by atoms with Crippen molar-refractivity contribution in [1.29, 1.82) is 0 Å². The molecule has 0 bridgehead atoms. The molecule has 0 saturated heterocycles. The van der Waals surface area contributed by atoms with Crippen molar-refractivity contribution in [2.24, 2.45) is 0 Å². The molecule has 2 rings (SSSR count). The highest BCUT2D eigenvalue weighted by Crippen LogP contribution is 2.27. The Morgan fingerprint density at radius 1 is 1.05 bits per heavy atom. The van der Waals surface area contributed by atoms with E-state index in [0.29, 0.717) is 11.5 Å². The topological polar surface area (TPSA) is 47.6 Å². The van der Waals surface area contributed by atoms with Crippen molar-refractivity contribution in [3.63, 3.8) is 0 Å². The van der Waals surface area contributed by atoms with Gasteiger partial charge in [0.1, 0.15) is 0 Å². The number of amides is 1. The van der Waals surface area contributed by atoms with Gasteiger partial charge in [-0.25, -0.2) is 0 Å². The number of hydrogen-bond acceptors (Lipinski definition) is 3. The van der Waals surface area contributed by atoms with Gasteiger partial charge in [0.2, 0.25) is 0 Å². The fourth-order valence-corrected chi connectivity index (χ4v) is 2.25. The minimum Gasteiger partial charge on any atom is -0.493 e. The van der Waals surface area contributed by atoms with E-state index in [-0.39, 0.29) is 5.91 Å². The van der Waals surface area contributed by atoms with E-state index in [2.05, 4.69) is 11.4 Å². The second-order valence-corrected chi connectivity index (χ2v) is 5.28. The van der Waals surface area contributed by atoms with Crippen molar-refractivity contribution in [2.45, 2.75) is 26.9 Å². The van der Waals surface area contributed by atoms with Crippen molar-refractivity contribution >= 4 is 11.6 Å². The van der Waals surface area contributed by atoms with Crippen molar-refractivity contribution < 1.29 is 14.3 Å². The number of nitrogens with one attached hydrogen (secondary N) is 1. The van der Waals surface area contributed by atoms with Crippen LogP contribution >= 0.6 is 0 Å². The summed E-state index contributed by atoms with van der Waals surface area (Å²) in [5.41, 5.74) is 2.99. The van der Waals surface area contributed by atoms with E-state index >= 15 is 0 Å². The zero-order valence-corrected chi connectivity index (χ0v) is 13.3. The third kappa shape index (κ3) is 4.01. The van der Waals surface area contributed by atoms with Gasteiger partial charge >= 0.3 is 0 Å². The maximum atomic E-state index is 12.3. The Morgan fingerprint density at radius 3 is 2.23 bits per heavy atom. The van der Waals surface area contributed by atoms with E-state index in [1.54, 1.807) is 26.2 Å². The van der Waals surface area contributed by atoms with Crippen LogP contribution in [0.3, 0.4) is 0 Å². The van der Waals surface area contributed by atoms with E-state index in [4.69, 9.17) is 9.47 Å². The maximum absolute atomic E-state index is 12.3. The Labute approximate surface area is 131 Å². The Balaban J connectivity index is 2.06. The van der Waals surface area contributed by atoms with Gasteiger partial charge in [0.25, 0.3) is 5.91 Å². The normalized spacial score (nSPS) is 11.6. The smallest absolute Gasteiger partial charge is 0.265 e. The number of carbonyl (C=O) groups is 1. The van der Waals surface area contributed by atoms with Crippen LogP contribution in [0, 0.1) is 13.8 Å². The van der Waals surface area contributed by atoms with Crippen LogP contribution in [0.1, 0.15) is 18.1 Å². The fourth-order valence-electron chi connectivity index (χ4n) is 2.25. The standard InChI is InChI=1S/C18H21NO3/c1-12-9-13(2)11-15(10-12)19-18(20)14(3)22-17-8-6-5-7-16(17)21-4/h5-11,14H,1-4H3,(H,19,20). The molecular formula is C18H21NO3. The molecule has 1 unspecified atom stereocenters. The number of hydrogen-bond donors (Lipinski definition) is 1. The summed E-state index contributed by atoms with van der Waals surface area (Å²) in [4.78, 5) is 12.3. The molecular weight excluding hydrogens is 278 g/mol. The number of rotatable bonds is 5. The van der Waals surface area contributed by atoms with Crippen LogP contribution in [0.15, 0.2) is 42.5 Å². The minimum absolute atomic E-state index is 0.198. The maximum Gasteiger partial charge on any atom is 0.265 e. The first kappa shape index (κ1) is 15.9. The van der Waals surface area contributed by atoms with Crippen molar-refractivity contribution in [3.05, 3.63) is 53.6 Å². The molecule has 0 aliphatic rings. The van der Waals surface area contributed by atoms with Crippen molar-refractivity contribution in [1.82, 2.24) is 0 Å². The number of benzene rings is 2. The number of methoxy groups -OCH3 is 1. The summed E-state index contributed by atoms with van der Waals surface area (Å²) >= 11 is 0. The first-order chi connectivity index (χ1) is 10.5. The summed E-state index contributed by atoms with van der Waals surface area (Å²) < 4.78 is 10.9. The summed E-state index contributed by atoms with van der Waals surface area (Å²) in [6.07, 6.45) is -0.628. The SMILES string of the molecule is COc1ccccc1OC(C)C(=O)Nc1cc(C)cc(C)c1. The molecule has 4 heteroatoms.